The normalized spacial score (nSPS) is 27.7. The maximum atomic E-state index is 12.7. The van der Waals surface area contributed by atoms with E-state index in [4.69, 9.17) is 9.47 Å². The van der Waals surface area contributed by atoms with Crippen LogP contribution >= 0.6 is 0 Å². The lowest BCUT2D eigenvalue weighted by Gasteiger charge is -2.44. The first kappa shape index (κ1) is 23.5. The van der Waals surface area contributed by atoms with E-state index in [1.54, 1.807) is 0 Å². The van der Waals surface area contributed by atoms with Gasteiger partial charge in [0.05, 0.1) is 12.2 Å². The molecule has 0 amide bonds. The molecule has 5 unspecified atom stereocenters. The maximum absolute atomic E-state index is 12.7. The molecule has 174 valence electrons. The number of fused-ring (bicyclic) bond motifs is 3. The number of carbonyl (C=O) groups excluding carboxylic acids is 1. The zero-order chi connectivity index (χ0) is 22.9. The van der Waals surface area contributed by atoms with Crippen molar-refractivity contribution in [3.05, 3.63) is 16.7 Å². The molecule has 1 aromatic rings. The summed E-state index contributed by atoms with van der Waals surface area (Å²) in [6.07, 6.45) is -5.93. The number of aromatic hydroxyl groups is 3. The lowest BCUT2D eigenvalue weighted by Crippen LogP contribution is -2.58. The summed E-state index contributed by atoms with van der Waals surface area (Å²) in [7, 11) is 1.96. The van der Waals surface area contributed by atoms with Crippen molar-refractivity contribution in [3.63, 3.8) is 0 Å². The Morgan fingerprint density at radius 2 is 1.77 bits per heavy atom. The Hall–Kier alpha value is -2.15. The van der Waals surface area contributed by atoms with Gasteiger partial charge in [0, 0.05) is 30.8 Å². The van der Waals surface area contributed by atoms with Crippen molar-refractivity contribution < 1.29 is 44.9 Å². The molecule has 7 N–H and O–H groups in total. The number of phenols is 3. The van der Waals surface area contributed by atoms with E-state index in [1.807, 2.05) is 7.05 Å². The van der Waals surface area contributed by atoms with Crippen molar-refractivity contribution in [1.29, 1.82) is 0 Å². The molecule has 2 aliphatic heterocycles. The molecule has 0 aliphatic carbocycles. The molecule has 3 rings (SSSR count). The van der Waals surface area contributed by atoms with Crippen LogP contribution in [0.15, 0.2) is 0 Å². The van der Waals surface area contributed by atoms with Crippen LogP contribution in [-0.2, 0) is 16.0 Å². The minimum absolute atomic E-state index is 0.0108. The third-order valence-corrected chi connectivity index (χ3v) is 5.74. The molecule has 1 fully saturated rings. The van der Waals surface area contributed by atoms with E-state index in [-0.39, 0.29) is 23.2 Å². The number of carbonyl (C=O) groups is 1. The predicted molar refractivity (Wildman–Crippen MR) is 107 cm³/mol. The van der Waals surface area contributed by atoms with Gasteiger partial charge in [0.1, 0.15) is 24.4 Å². The summed E-state index contributed by atoms with van der Waals surface area (Å²) in [5.74, 6) is -3.24. The number of ether oxygens (including phenoxy) is 2. The highest BCUT2D eigenvalue weighted by molar-refractivity contribution is 5.97. The number of aliphatic hydroxyl groups is 3. The van der Waals surface area contributed by atoms with Gasteiger partial charge < -0.3 is 50.3 Å². The zero-order valence-corrected chi connectivity index (χ0v) is 17.5. The van der Waals surface area contributed by atoms with E-state index in [0.717, 1.165) is 13.0 Å². The van der Waals surface area contributed by atoms with Crippen molar-refractivity contribution >= 4 is 5.97 Å². The third kappa shape index (κ3) is 4.29. The number of benzene rings is 1. The zero-order valence-electron chi connectivity index (χ0n) is 17.5. The van der Waals surface area contributed by atoms with Gasteiger partial charge in [0.25, 0.3) is 0 Å². The highest BCUT2D eigenvalue weighted by Gasteiger charge is 2.52. The van der Waals surface area contributed by atoms with Crippen LogP contribution in [0.1, 0.15) is 40.9 Å². The first-order chi connectivity index (χ1) is 14.7. The fourth-order valence-electron chi connectivity index (χ4n) is 4.08. The Morgan fingerprint density at radius 1 is 1.06 bits per heavy atom. The van der Waals surface area contributed by atoms with Crippen molar-refractivity contribution in [2.24, 2.45) is 0 Å². The molecule has 2 heterocycles. The molecule has 0 radical (unpaired) electrons. The molecular weight excluding hydrogens is 412 g/mol. The first-order valence-corrected chi connectivity index (χ1v) is 10.2. The summed E-state index contributed by atoms with van der Waals surface area (Å²) in [6, 6.07) is 0. The van der Waals surface area contributed by atoms with Crippen LogP contribution < -0.4 is 5.32 Å². The summed E-state index contributed by atoms with van der Waals surface area (Å²) in [5, 5.41) is 64.1. The maximum Gasteiger partial charge on any atom is 0.339 e. The van der Waals surface area contributed by atoms with Crippen LogP contribution in [0, 0.1) is 0 Å². The van der Waals surface area contributed by atoms with E-state index in [1.165, 1.54) is 0 Å². The van der Waals surface area contributed by atoms with Crippen LogP contribution in [0.25, 0.3) is 0 Å². The van der Waals surface area contributed by atoms with Crippen molar-refractivity contribution in [3.8, 4) is 17.2 Å². The molecule has 1 aromatic carbocycles. The fourth-order valence-corrected chi connectivity index (χ4v) is 4.08. The van der Waals surface area contributed by atoms with Gasteiger partial charge in [0.15, 0.2) is 17.6 Å². The number of aliphatic hydroxyl groups excluding tert-OH is 3. The molecule has 0 spiro atoms. The molecule has 2 aliphatic rings. The Labute approximate surface area is 179 Å². The number of phenolic OH excluding ortho intramolecular Hbond substituents is 3. The van der Waals surface area contributed by atoms with E-state index >= 15 is 0 Å². The lowest BCUT2D eigenvalue weighted by atomic mass is 9.84. The van der Waals surface area contributed by atoms with Gasteiger partial charge in [-0.1, -0.05) is 6.92 Å². The van der Waals surface area contributed by atoms with Gasteiger partial charge >= 0.3 is 5.97 Å². The summed E-state index contributed by atoms with van der Waals surface area (Å²) < 4.78 is 10.9. The van der Waals surface area contributed by atoms with E-state index in [2.05, 4.69) is 17.1 Å². The van der Waals surface area contributed by atoms with E-state index in [0.29, 0.717) is 13.1 Å². The summed E-state index contributed by atoms with van der Waals surface area (Å²) in [4.78, 5) is 14.9. The van der Waals surface area contributed by atoms with Gasteiger partial charge in [0.2, 0.25) is 5.75 Å². The minimum atomic E-state index is -1.58. The molecular formula is C20H30N2O9. The standard InChI is InChI=1S/C20H30N2O9/c1-3-5-22(2)6-4-21-7-9-11-12(15(26)16(27)13(9)24)18-19(31-20(11)29)17(28)14(25)10(8-23)30-18/h10,14,17-19,21,23-28H,3-8H2,1-2H3. The van der Waals surface area contributed by atoms with Crippen molar-refractivity contribution in [1.82, 2.24) is 10.2 Å². The second-order valence-electron chi connectivity index (χ2n) is 7.92. The number of likely N-dealkylation sites (N-methyl/N-ethyl adjacent to an activating group) is 1. The molecule has 1 saturated heterocycles. The molecule has 0 saturated carbocycles. The number of esters is 1. The number of nitrogens with one attached hydrogen (secondary N) is 1. The monoisotopic (exact) mass is 442 g/mol. The van der Waals surface area contributed by atoms with Crippen LogP contribution in [0.3, 0.4) is 0 Å². The molecule has 0 bridgehead atoms. The Bertz CT molecular complexity index is 819. The van der Waals surface area contributed by atoms with Crippen molar-refractivity contribution in [2.75, 3.05) is 33.3 Å². The van der Waals surface area contributed by atoms with Crippen LogP contribution in [-0.4, -0.2) is 99.2 Å². The smallest absolute Gasteiger partial charge is 0.339 e. The quantitative estimate of drug-likeness (QED) is 0.148. The Balaban J connectivity index is 1.94. The third-order valence-electron chi connectivity index (χ3n) is 5.74. The van der Waals surface area contributed by atoms with Gasteiger partial charge in [-0.05, 0) is 20.0 Å². The molecule has 5 atom stereocenters. The topological polar surface area (TPSA) is 172 Å². The molecule has 0 aromatic heterocycles. The number of rotatable bonds is 8. The van der Waals surface area contributed by atoms with Gasteiger partial charge in [-0.3, -0.25) is 0 Å². The van der Waals surface area contributed by atoms with Gasteiger partial charge in [-0.15, -0.1) is 0 Å². The lowest BCUT2D eigenvalue weighted by molar-refractivity contribution is -0.235. The van der Waals surface area contributed by atoms with Crippen LogP contribution in [0.4, 0.5) is 0 Å². The first-order valence-electron chi connectivity index (χ1n) is 10.2. The average Bonchev–Trinajstić information content (AvgIpc) is 2.74. The predicted octanol–water partition coefficient (Wildman–Crippen LogP) is -1.07. The molecule has 11 nitrogen and oxygen atoms in total. The largest absolute Gasteiger partial charge is 0.504 e. The SMILES string of the molecule is CCCN(C)CCNCc1c(O)c(O)c(O)c2c1C(=O)OC1C2OC(CO)C(O)C1O. The van der Waals surface area contributed by atoms with E-state index in [9.17, 15) is 35.4 Å². The van der Waals surface area contributed by atoms with Gasteiger partial charge in [-0.2, -0.15) is 0 Å². The van der Waals surface area contributed by atoms with E-state index < -0.39 is 60.3 Å². The van der Waals surface area contributed by atoms with Gasteiger partial charge in [-0.25, -0.2) is 4.79 Å². The molecule has 31 heavy (non-hydrogen) atoms. The van der Waals surface area contributed by atoms with Crippen molar-refractivity contribution in [2.45, 2.75) is 50.4 Å². The van der Waals surface area contributed by atoms with Crippen LogP contribution in [0.5, 0.6) is 17.2 Å². The molecule has 11 heteroatoms. The highest BCUT2D eigenvalue weighted by Crippen LogP contribution is 2.51. The average molecular weight is 442 g/mol. The minimum Gasteiger partial charge on any atom is -0.504 e. The second kappa shape index (κ2) is 9.55. The summed E-state index contributed by atoms with van der Waals surface area (Å²) in [6.45, 7) is 3.58. The Kier molecular flexibility index (Phi) is 7.24. The summed E-state index contributed by atoms with van der Waals surface area (Å²) in [5.41, 5.74) is -0.346. The van der Waals surface area contributed by atoms with Crippen LogP contribution in [0.2, 0.25) is 0 Å². The second-order valence-corrected chi connectivity index (χ2v) is 7.92. The fraction of sp³-hybridized carbons (Fsp3) is 0.650. The summed E-state index contributed by atoms with van der Waals surface area (Å²) >= 11 is 0. The highest BCUT2D eigenvalue weighted by atomic mass is 16.6. The Morgan fingerprint density at radius 3 is 2.42 bits per heavy atom. The number of hydrogen-bond acceptors (Lipinski definition) is 11. The number of hydrogen-bond donors (Lipinski definition) is 7. The number of nitrogens with zero attached hydrogens (tertiary/aromatic N) is 1.